The molecule has 29 heavy (non-hydrogen) atoms. The fraction of sp³-hybridized carbons (Fsp3) is 0.0909. The van der Waals surface area contributed by atoms with E-state index in [0.717, 1.165) is 16.6 Å². The smallest absolute Gasteiger partial charge is 0.273 e. The number of benzene rings is 2. The van der Waals surface area contributed by atoms with Crippen molar-refractivity contribution in [3.05, 3.63) is 81.4 Å². The summed E-state index contributed by atoms with van der Waals surface area (Å²) in [6.45, 7) is 3.50. The molecule has 0 aliphatic carbocycles. The number of nitro groups is 1. The van der Waals surface area contributed by atoms with Crippen molar-refractivity contribution < 1.29 is 9.34 Å². The fourth-order valence-corrected chi connectivity index (χ4v) is 3.24. The minimum atomic E-state index is -0.398. The Hall–Kier alpha value is -4.18. The first-order valence-corrected chi connectivity index (χ1v) is 8.89. The number of nitrogens with one attached hydrogen (secondary N) is 1. The number of nitrogens with zero attached hydrogens (tertiary/aromatic N) is 3. The number of para-hydroxylation sites is 2. The van der Waals surface area contributed by atoms with Gasteiger partial charge < -0.3 is 9.40 Å². The number of furan rings is 1. The van der Waals surface area contributed by atoms with Gasteiger partial charge in [-0.3, -0.25) is 10.1 Å². The van der Waals surface area contributed by atoms with Crippen LogP contribution in [0, 0.1) is 35.3 Å². The van der Waals surface area contributed by atoms with E-state index in [2.05, 4.69) is 16.0 Å². The zero-order valence-corrected chi connectivity index (χ0v) is 15.8. The lowest BCUT2D eigenvalue weighted by molar-refractivity contribution is -0.385. The number of hydrogen-bond donors (Lipinski definition) is 1. The predicted molar refractivity (Wildman–Crippen MR) is 110 cm³/mol. The molecule has 7 heteroatoms. The van der Waals surface area contributed by atoms with Crippen LogP contribution >= 0.6 is 0 Å². The zero-order valence-electron chi connectivity index (χ0n) is 15.8. The summed E-state index contributed by atoms with van der Waals surface area (Å²) in [4.78, 5) is 18.5. The molecule has 0 radical (unpaired) electrons. The molecule has 0 bridgehead atoms. The first-order valence-electron chi connectivity index (χ1n) is 8.89. The summed E-state index contributed by atoms with van der Waals surface area (Å²) in [6.07, 6.45) is 1.60. The Morgan fingerprint density at radius 1 is 1.24 bits per heavy atom. The predicted octanol–water partition coefficient (Wildman–Crippen LogP) is 5.41. The largest absolute Gasteiger partial charge is 0.457 e. The zero-order chi connectivity index (χ0) is 20.5. The lowest BCUT2D eigenvalue weighted by Gasteiger charge is -2.05. The van der Waals surface area contributed by atoms with Gasteiger partial charge in [0.2, 0.25) is 0 Å². The Bertz CT molecular complexity index is 1290. The topological polar surface area (TPSA) is 109 Å². The van der Waals surface area contributed by atoms with Crippen LogP contribution in [-0.4, -0.2) is 14.9 Å². The molecule has 0 unspecified atom stereocenters. The van der Waals surface area contributed by atoms with Gasteiger partial charge in [-0.1, -0.05) is 12.1 Å². The number of fused-ring (bicyclic) bond motifs is 1. The Labute approximate surface area is 166 Å². The molecular weight excluding hydrogens is 368 g/mol. The molecule has 0 aliphatic rings. The molecule has 0 fully saturated rings. The van der Waals surface area contributed by atoms with Crippen molar-refractivity contribution in [2.75, 3.05) is 0 Å². The van der Waals surface area contributed by atoms with Crippen molar-refractivity contribution in [1.82, 2.24) is 9.97 Å². The third-order valence-corrected chi connectivity index (χ3v) is 4.67. The summed E-state index contributed by atoms with van der Waals surface area (Å²) in [6, 6.07) is 16.5. The van der Waals surface area contributed by atoms with Crippen LogP contribution in [0.4, 0.5) is 5.69 Å². The molecule has 0 spiro atoms. The molecule has 4 rings (SSSR count). The van der Waals surface area contributed by atoms with Crippen molar-refractivity contribution in [2.45, 2.75) is 13.8 Å². The number of aromatic nitrogens is 2. The highest BCUT2D eigenvalue weighted by molar-refractivity contribution is 5.89. The molecular formula is C22H16N4O3. The molecule has 1 N–H and O–H groups in total. The highest BCUT2D eigenvalue weighted by Gasteiger charge is 2.18. The normalized spacial score (nSPS) is 11.6. The number of aromatic amines is 1. The SMILES string of the molecule is Cc1cc(-c2ccc(/C=C(\C#N)c3nc4ccccc4[nH]3)o2)c(C)c([N+](=O)[O-])c1. The number of allylic oxidation sites excluding steroid dienone is 1. The van der Waals surface area contributed by atoms with Gasteiger partial charge in [0.15, 0.2) is 0 Å². The van der Waals surface area contributed by atoms with Gasteiger partial charge in [-0.25, -0.2) is 4.98 Å². The molecule has 2 aromatic carbocycles. The molecule has 0 atom stereocenters. The highest BCUT2D eigenvalue weighted by Crippen LogP contribution is 2.33. The monoisotopic (exact) mass is 384 g/mol. The van der Waals surface area contributed by atoms with Gasteiger partial charge in [0.25, 0.3) is 5.69 Å². The average molecular weight is 384 g/mol. The third kappa shape index (κ3) is 3.39. The van der Waals surface area contributed by atoms with Crippen molar-refractivity contribution >= 4 is 28.4 Å². The van der Waals surface area contributed by atoms with E-state index in [-0.39, 0.29) is 5.69 Å². The molecule has 4 aromatic rings. The molecule has 0 aliphatic heterocycles. The van der Waals surface area contributed by atoms with Gasteiger partial charge in [0.05, 0.1) is 21.5 Å². The summed E-state index contributed by atoms with van der Waals surface area (Å²) in [7, 11) is 0. The van der Waals surface area contributed by atoms with E-state index in [1.165, 1.54) is 6.07 Å². The number of imidazole rings is 1. The summed E-state index contributed by atoms with van der Waals surface area (Å²) >= 11 is 0. The number of nitriles is 1. The van der Waals surface area contributed by atoms with Crippen LogP contribution in [0.15, 0.2) is 52.9 Å². The number of aryl methyl sites for hydroxylation is 1. The molecule has 142 valence electrons. The van der Waals surface area contributed by atoms with Crippen LogP contribution < -0.4 is 0 Å². The molecule has 7 nitrogen and oxygen atoms in total. The second-order valence-corrected chi connectivity index (χ2v) is 6.69. The van der Waals surface area contributed by atoms with Crippen LogP contribution in [0.3, 0.4) is 0 Å². The molecule has 0 saturated heterocycles. The van der Waals surface area contributed by atoms with Crippen LogP contribution in [0.5, 0.6) is 0 Å². The van der Waals surface area contributed by atoms with E-state index in [9.17, 15) is 15.4 Å². The highest BCUT2D eigenvalue weighted by atomic mass is 16.6. The molecule has 2 heterocycles. The van der Waals surface area contributed by atoms with Crippen LogP contribution in [0.25, 0.3) is 34.0 Å². The third-order valence-electron chi connectivity index (χ3n) is 4.67. The lowest BCUT2D eigenvalue weighted by atomic mass is 10.0. The number of nitro benzene ring substituents is 1. The quantitative estimate of drug-likeness (QED) is 0.287. The Kier molecular flexibility index (Phi) is 4.45. The van der Waals surface area contributed by atoms with Gasteiger partial charge in [0, 0.05) is 23.3 Å². The van der Waals surface area contributed by atoms with Gasteiger partial charge in [-0.05, 0) is 49.7 Å². The maximum Gasteiger partial charge on any atom is 0.273 e. The Morgan fingerprint density at radius 2 is 2.03 bits per heavy atom. The Morgan fingerprint density at radius 3 is 2.76 bits per heavy atom. The van der Waals surface area contributed by atoms with Crippen LogP contribution in [0.1, 0.15) is 22.7 Å². The van der Waals surface area contributed by atoms with Gasteiger partial charge in [0.1, 0.15) is 23.4 Å². The first-order chi connectivity index (χ1) is 14.0. The molecule has 0 amide bonds. The standard InChI is InChI=1S/C22H16N4O3/c1-13-9-17(14(2)20(10-13)26(27)28)21-8-7-16(29-21)11-15(12-23)22-24-18-5-3-4-6-19(18)25-22/h3-11H,1-2H3,(H,24,25)/b15-11+. The van der Waals surface area contributed by atoms with Gasteiger partial charge >= 0.3 is 0 Å². The van der Waals surface area contributed by atoms with E-state index >= 15 is 0 Å². The Balaban J connectivity index is 1.74. The summed E-state index contributed by atoms with van der Waals surface area (Å²) in [5.74, 6) is 1.41. The summed E-state index contributed by atoms with van der Waals surface area (Å²) in [5.41, 5.74) is 3.94. The van der Waals surface area contributed by atoms with E-state index in [1.54, 1.807) is 32.1 Å². The lowest BCUT2D eigenvalue weighted by Crippen LogP contribution is -1.95. The van der Waals surface area contributed by atoms with Crippen molar-refractivity contribution in [1.29, 1.82) is 5.26 Å². The average Bonchev–Trinajstić information content (AvgIpc) is 3.34. The number of hydrogen-bond acceptors (Lipinski definition) is 5. The van der Waals surface area contributed by atoms with Crippen molar-refractivity contribution in [2.24, 2.45) is 0 Å². The minimum Gasteiger partial charge on any atom is -0.457 e. The van der Waals surface area contributed by atoms with E-state index in [0.29, 0.717) is 34.0 Å². The second-order valence-electron chi connectivity index (χ2n) is 6.69. The fourth-order valence-electron chi connectivity index (χ4n) is 3.24. The van der Waals surface area contributed by atoms with Crippen LogP contribution in [-0.2, 0) is 0 Å². The van der Waals surface area contributed by atoms with Gasteiger partial charge in [-0.15, -0.1) is 0 Å². The summed E-state index contributed by atoms with van der Waals surface area (Å²) in [5, 5.41) is 20.9. The summed E-state index contributed by atoms with van der Waals surface area (Å²) < 4.78 is 5.88. The molecule has 0 saturated carbocycles. The number of rotatable bonds is 4. The van der Waals surface area contributed by atoms with Gasteiger partial charge in [-0.2, -0.15) is 5.26 Å². The maximum absolute atomic E-state index is 11.3. The minimum absolute atomic E-state index is 0.0495. The van der Waals surface area contributed by atoms with Crippen molar-refractivity contribution in [3.8, 4) is 17.4 Å². The van der Waals surface area contributed by atoms with Crippen LogP contribution in [0.2, 0.25) is 0 Å². The van der Waals surface area contributed by atoms with E-state index in [4.69, 9.17) is 4.42 Å². The van der Waals surface area contributed by atoms with Crippen molar-refractivity contribution in [3.63, 3.8) is 0 Å². The first kappa shape index (κ1) is 18.2. The number of H-pyrrole nitrogens is 1. The maximum atomic E-state index is 11.3. The second kappa shape index (κ2) is 7.09. The van der Waals surface area contributed by atoms with E-state index < -0.39 is 4.92 Å². The van der Waals surface area contributed by atoms with E-state index in [1.807, 2.05) is 30.3 Å². The molecule has 2 aromatic heterocycles.